The number of methoxy groups -OCH3 is 1. The number of aromatic nitrogens is 1. The molecular weight excluding hydrogens is 424 g/mol. The van der Waals surface area contributed by atoms with Crippen LogP contribution in [0.5, 0.6) is 23.0 Å². The van der Waals surface area contributed by atoms with Crippen molar-refractivity contribution in [2.45, 2.75) is 12.6 Å². The topological polar surface area (TPSA) is 97.6 Å². The molecule has 0 saturated carbocycles. The van der Waals surface area contributed by atoms with E-state index < -0.39 is 18.0 Å². The third-order valence-corrected chi connectivity index (χ3v) is 5.89. The average Bonchev–Trinajstić information content (AvgIpc) is 3.12. The molecule has 2 aromatic carbocycles. The summed E-state index contributed by atoms with van der Waals surface area (Å²) in [6, 6.07) is 10.7. The zero-order valence-electron chi connectivity index (χ0n) is 16.5. The molecular formula is C21H18N2O7S. The second-order valence-electron chi connectivity index (χ2n) is 6.82. The van der Waals surface area contributed by atoms with Gasteiger partial charge in [-0.3, -0.25) is 9.59 Å². The molecule has 9 nitrogen and oxygen atoms in total. The van der Waals surface area contributed by atoms with Crippen LogP contribution in [0.2, 0.25) is 0 Å². The number of carbonyl (C=O) groups excluding carboxylic acids is 2. The van der Waals surface area contributed by atoms with Crippen LogP contribution in [0.1, 0.15) is 0 Å². The number of amides is 1. The lowest BCUT2D eigenvalue weighted by Gasteiger charge is -2.23. The summed E-state index contributed by atoms with van der Waals surface area (Å²) in [5.74, 6) is 1.30. The second kappa shape index (κ2) is 7.95. The van der Waals surface area contributed by atoms with Crippen LogP contribution in [0.25, 0.3) is 10.2 Å². The Labute approximate surface area is 180 Å². The Morgan fingerprint density at radius 2 is 1.84 bits per heavy atom. The number of carbonyl (C=O) groups is 2. The highest BCUT2D eigenvalue weighted by Crippen LogP contribution is 2.36. The van der Waals surface area contributed by atoms with Crippen molar-refractivity contribution in [3.8, 4) is 23.0 Å². The first-order chi connectivity index (χ1) is 15.1. The number of esters is 1. The van der Waals surface area contributed by atoms with Crippen LogP contribution in [0, 0.1) is 0 Å². The summed E-state index contributed by atoms with van der Waals surface area (Å²) in [4.78, 5) is 29.5. The van der Waals surface area contributed by atoms with Crippen molar-refractivity contribution in [2.75, 3.05) is 26.9 Å². The molecule has 0 unspecified atom stereocenters. The second-order valence-corrected chi connectivity index (χ2v) is 7.83. The number of ether oxygens (including phenoxy) is 5. The van der Waals surface area contributed by atoms with E-state index in [1.807, 2.05) is 12.1 Å². The monoisotopic (exact) mass is 442 g/mol. The van der Waals surface area contributed by atoms with Gasteiger partial charge in [0, 0.05) is 12.1 Å². The van der Waals surface area contributed by atoms with Gasteiger partial charge in [0.25, 0.3) is 5.91 Å². The van der Waals surface area contributed by atoms with Gasteiger partial charge in [0.05, 0.1) is 17.3 Å². The van der Waals surface area contributed by atoms with Crippen molar-refractivity contribution in [2.24, 2.45) is 4.99 Å². The van der Waals surface area contributed by atoms with E-state index in [9.17, 15) is 9.59 Å². The van der Waals surface area contributed by atoms with Crippen LogP contribution in [0.15, 0.2) is 41.4 Å². The minimum Gasteiger partial charge on any atom is -0.486 e. The van der Waals surface area contributed by atoms with Crippen molar-refractivity contribution < 1.29 is 33.3 Å². The number of benzene rings is 2. The van der Waals surface area contributed by atoms with Crippen LogP contribution < -0.4 is 23.7 Å². The van der Waals surface area contributed by atoms with E-state index in [1.165, 1.54) is 18.4 Å². The highest BCUT2D eigenvalue weighted by molar-refractivity contribution is 7.16. The van der Waals surface area contributed by atoms with Gasteiger partial charge in [-0.2, -0.15) is 4.99 Å². The summed E-state index contributed by atoms with van der Waals surface area (Å²) in [5.41, 5.74) is 0.692. The maximum absolute atomic E-state index is 12.9. The fourth-order valence-corrected chi connectivity index (χ4v) is 4.39. The molecule has 1 aromatic heterocycles. The van der Waals surface area contributed by atoms with Crippen LogP contribution >= 0.6 is 11.3 Å². The summed E-state index contributed by atoms with van der Waals surface area (Å²) in [6.07, 6.45) is -0.883. The maximum atomic E-state index is 12.9. The highest BCUT2D eigenvalue weighted by Gasteiger charge is 2.27. The Kier molecular flexibility index (Phi) is 4.99. The molecule has 1 amide bonds. The number of hydrogen-bond donors (Lipinski definition) is 0. The number of thiazole rings is 1. The van der Waals surface area contributed by atoms with E-state index in [2.05, 4.69) is 4.99 Å². The molecule has 160 valence electrons. The molecule has 31 heavy (non-hydrogen) atoms. The minimum atomic E-state index is -0.883. The van der Waals surface area contributed by atoms with Gasteiger partial charge in [-0.1, -0.05) is 23.5 Å². The van der Waals surface area contributed by atoms with E-state index in [1.54, 1.807) is 28.8 Å². The van der Waals surface area contributed by atoms with Crippen molar-refractivity contribution >= 4 is 33.4 Å². The molecule has 0 aliphatic carbocycles. The Morgan fingerprint density at radius 1 is 1.10 bits per heavy atom. The predicted molar refractivity (Wildman–Crippen MR) is 110 cm³/mol. The number of para-hydroxylation sites is 2. The molecule has 0 radical (unpaired) electrons. The third kappa shape index (κ3) is 3.70. The SMILES string of the molecule is COC(=O)Cn1c(=NC(=O)[C@H]2COc3ccccc3O2)sc2cc3c(cc21)OCCO3. The van der Waals surface area contributed by atoms with Crippen LogP contribution in [0.3, 0.4) is 0 Å². The van der Waals surface area contributed by atoms with Gasteiger partial charge in [0.2, 0.25) is 6.10 Å². The molecule has 0 N–H and O–H groups in total. The van der Waals surface area contributed by atoms with Crippen LogP contribution in [0.4, 0.5) is 0 Å². The fourth-order valence-electron chi connectivity index (χ4n) is 3.35. The normalized spacial score (nSPS) is 17.5. The first kappa shape index (κ1) is 19.4. The number of fused-ring (bicyclic) bond motifs is 3. The average molecular weight is 442 g/mol. The lowest BCUT2D eigenvalue weighted by atomic mass is 10.2. The van der Waals surface area contributed by atoms with E-state index in [-0.39, 0.29) is 13.2 Å². The van der Waals surface area contributed by atoms with Crippen molar-refractivity contribution in [1.29, 1.82) is 0 Å². The molecule has 5 rings (SSSR count). The van der Waals surface area contributed by atoms with Gasteiger partial charge in [-0.15, -0.1) is 0 Å². The lowest BCUT2D eigenvalue weighted by Crippen LogP contribution is -2.37. The molecule has 1 atom stereocenters. The van der Waals surface area contributed by atoms with Gasteiger partial charge in [0.15, 0.2) is 27.8 Å². The zero-order valence-corrected chi connectivity index (χ0v) is 17.3. The third-order valence-electron chi connectivity index (χ3n) is 4.85. The van der Waals surface area contributed by atoms with Gasteiger partial charge < -0.3 is 28.3 Å². The number of rotatable bonds is 3. The van der Waals surface area contributed by atoms with E-state index >= 15 is 0 Å². The predicted octanol–water partition coefficient (Wildman–Crippen LogP) is 1.91. The molecule has 2 aliphatic rings. The van der Waals surface area contributed by atoms with Crippen molar-refractivity contribution in [3.63, 3.8) is 0 Å². The largest absolute Gasteiger partial charge is 0.486 e. The van der Waals surface area contributed by atoms with E-state index in [0.29, 0.717) is 46.5 Å². The maximum Gasteiger partial charge on any atom is 0.325 e. The molecule has 0 spiro atoms. The summed E-state index contributed by atoms with van der Waals surface area (Å²) < 4.78 is 29.9. The Morgan fingerprint density at radius 3 is 2.61 bits per heavy atom. The van der Waals surface area contributed by atoms with E-state index in [4.69, 9.17) is 23.7 Å². The van der Waals surface area contributed by atoms with Crippen LogP contribution in [-0.2, 0) is 20.9 Å². The molecule has 3 aromatic rings. The highest BCUT2D eigenvalue weighted by atomic mass is 32.1. The number of nitrogens with zero attached hydrogens (tertiary/aromatic N) is 2. The van der Waals surface area contributed by atoms with Gasteiger partial charge >= 0.3 is 5.97 Å². The first-order valence-corrected chi connectivity index (χ1v) is 10.4. The smallest absolute Gasteiger partial charge is 0.325 e. The van der Waals surface area contributed by atoms with Gasteiger partial charge in [0.1, 0.15) is 26.4 Å². The van der Waals surface area contributed by atoms with E-state index in [0.717, 1.165) is 4.70 Å². The van der Waals surface area contributed by atoms with Crippen LogP contribution in [-0.4, -0.2) is 49.5 Å². The summed E-state index contributed by atoms with van der Waals surface area (Å²) in [7, 11) is 1.31. The molecule has 0 bridgehead atoms. The van der Waals surface area contributed by atoms with Crippen molar-refractivity contribution in [3.05, 3.63) is 41.2 Å². The van der Waals surface area contributed by atoms with Gasteiger partial charge in [-0.05, 0) is 12.1 Å². The Hall–Kier alpha value is -3.53. The molecule has 2 aliphatic heterocycles. The Bertz CT molecular complexity index is 1250. The zero-order chi connectivity index (χ0) is 21.4. The molecule has 0 fully saturated rings. The van der Waals surface area contributed by atoms with Crippen molar-refractivity contribution in [1.82, 2.24) is 4.57 Å². The fraction of sp³-hybridized carbons (Fsp3) is 0.286. The van der Waals surface area contributed by atoms with Gasteiger partial charge in [-0.25, -0.2) is 0 Å². The first-order valence-electron chi connectivity index (χ1n) is 9.59. The molecule has 10 heteroatoms. The molecule has 3 heterocycles. The molecule has 0 saturated heterocycles. The summed E-state index contributed by atoms with van der Waals surface area (Å²) in [5, 5.41) is 0. The Balaban J connectivity index is 1.54. The standard InChI is InChI=1S/C21H18N2O7S/c1-26-19(24)10-23-12-8-15-16(28-7-6-27-15)9-18(12)31-21(23)22-20(25)17-11-29-13-4-2-3-5-14(13)30-17/h2-5,8-9,17H,6-7,10-11H2,1H3/t17-/m1/s1. The quantitative estimate of drug-likeness (QED) is 0.572. The summed E-state index contributed by atoms with van der Waals surface area (Å²) >= 11 is 1.26. The lowest BCUT2D eigenvalue weighted by molar-refractivity contribution is -0.141. The summed E-state index contributed by atoms with van der Waals surface area (Å²) in [6.45, 7) is 0.850. The number of hydrogen-bond acceptors (Lipinski definition) is 8. The minimum absolute atomic E-state index is 0.0528.